The standard InChI is InChI=1S/C9H9N3O4S/c10-4-3-9(14)12-7-2-1-6(5-8(7)13)17(11,15)16/h1-2,5,13H,3H2,(H,12,14)(H2,11,15,16). The second kappa shape index (κ2) is 4.82. The predicted octanol–water partition coefficient (Wildman–Crippen LogP) is -0.108. The Morgan fingerprint density at radius 1 is 1.53 bits per heavy atom. The van der Waals surface area contributed by atoms with Gasteiger partial charge in [0.25, 0.3) is 0 Å². The highest BCUT2D eigenvalue weighted by Gasteiger charge is 2.12. The number of anilines is 1. The summed E-state index contributed by atoms with van der Waals surface area (Å²) < 4.78 is 21.9. The van der Waals surface area contributed by atoms with E-state index in [1.54, 1.807) is 6.07 Å². The number of primary sulfonamides is 1. The largest absolute Gasteiger partial charge is 0.506 e. The molecule has 8 heteroatoms. The third kappa shape index (κ3) is 3.44. The zero-order chi connectivity index (χ0) is 13.1. The maximum Gasteiger partial charge on any atom is 0.238 e. The molecule has 1 aromatic rings. The lowest BCUT2D eigenvalue weighted by Crippen LogP contribution is -2.13. The third-order valence-electron chi connectivity index (χ3n) is 1.81. The summed E-state index contributed by atoms with van der Waals surface area (Å²) in [7, 11) is -3.91. The van der Waals surface area contributed by atoms with Crippen molar-refractivity contribution in [2.24, 2.45) is 5.14 Å². The van der Waals surface area contributed by atoms with E-state index in [0.29, 0.717) is 0 Å². The lowest BCUT2D eigenvalue weighted by molar-refractivity contribution is -0.115. The molecule has 0 unspecified atom stereocenters. The van der Waals surface area contributed by atoms with E-state index >= 15 is 0 Å². The van der Waals surface area contributed by atoms with Crippen LogP contribution in [0.4, 0.5) is 5.69 Å². The van der Waals surface area contributed by atoms with Gasteiger partial charge < -0.3 is 10.4 Å². The topological polar surface area (TPSA) is 133 Å². The van der Waals surface area contributed by atoms with E-state index in [0.717, 1.165) is 12.1 Å². The normalized spacial score (nSPS) is 10.6. The van der Waals surface area contributed by atoms with Gasteiger partial charge in [0.1, 0.15) is 12.2 Å². The molecule has 0 atom stereocenters. The van der Waals surface area contributed by atoms with Crippen LogP contribution in [0, 0.1) is 11.3 Å². The number of phenols is 1. The number of hydrogen-bond donors (Lipinski definition) is 3. The molecule has 0 saturated heterocycles. The molecule has 1 amide bonds. The molecule has 17 heavy (non-hydrogen) atoms. The van der Waals surface area contributed by atoms with Gasteiger partial charge in [-0.1, -0.05) is 0 Å². The summed E-state index contributed by atoms with van der Waals surface area (Å²) in [6.07, 6.45) is -0.365. The number of hydrogen-bond acceptors (Lipinski definition) is 5. The smallest absolute Gasteiger partial charge is 0.238 e. The van der Waals surface area contributed by atoms with E-state index in [-0.39, 0.29) is 17.0 Å². The number of nitrogens with zero attached hydrogens (tertiary/aromatic N) is 1. The summed E-state index contributed by atoms with van der Waals surface area (Å²) in [6.45, 7) is 0. The van der Waals surface area contributed by atoms with Crippen molar-refractivity contribution in [3.8, 4) is 11.8 Å². The Hall–Kier alpha value is -2.11. The van der Waals surface area contributed by atoms with Crippen LogP contribution in [0.15, 0.2) is 23.1 Å². The van der Waals surface area contributed by atoms with Crippen LogP contribution in [-0.2, 0) is 14.8 Å². The van der Waals surface area contributed by atoms with Gasteiger partial charge in [0.15, 0.2) is 0 Å². The molecule has 0 radical (unpaired) electrons. The highest BCUT2D eigenvalue weighted by Crippen LogP contribution is 2.25. The first kappa shape index (κ1) is 13.0. The maximum absolute atomic E-state index is 11.1. The zero-order valence-electron chi connectivity index (χ0n) is 8.54. The quantitative estimate of drug-likeness (QED) is 0.648. The van der Waals surface area contributed by atoms with Crippen molar-refractivity contribution < 1.29 is 18.3 Å². The van der Waals surface area contributed by atoms with Crippen LogP contribution in [0.2, 0.25) is 0 Å². The number of rotatable bonds is 3. The van der Waals surface area contributed by atoms with Gasteiger partial charge in [0.2, 0.25) is 15.9 Å². The number of aromatic hydroxyl groups is 1. The van der Waals surface area contributed by atoms with Gasteiger partial charge in [-0.2, -0.15) is 5.26 Å². The van der Waals surface area contributed by atoms with Gasteiger partial charge in [-0.05, 0) is 12.1 Å². The summed E-state index contributed by atoms with van der Waals surface area (Å²) in [4.78, 5) is 10.8. The minimum Gasteiger partial charge on any atom is -0.506 e. The average molecular weight is 255 g/mol. The third-order valence-corrected chi connectivity index (χ3v) is 2.72. The molecule has 7 nitrogen and oxygen atoms in total. The number of carbonyl (C=O) groups is 1. The number of carbonyl (C=O) groups excluding carboxylic acids is 1. The van der Waals surface area contributed by atoms with Gasteiger partial charge in [-0.25, -0.2) is 13.6 Å². The van der Waals surface area contributed by atoms with Gasteiger partial charge >= 0.3 is 0 Å². The van der Waals surface area contributed by atoms with Crippen LogP contribution in [-0.4, -0.2) is 19.4 Å². The predicted molar refractivity (Wildman–Crippen MR) is 58.3 cm³/mol. The molecule has 0 saturated carbocycles. The number of sulfonamides is 1. The number of benzene rings is 1. The van der Waals surface area contributed by atoms with Crippen molar-refractivity contribution in [2.45, 2.75) is 11.3 Å². The van der Waals surface area contributed by atoms with Crippen molar-refractivity contribution >= 4 is 21.6 Å². The van der Waals surface area contributed by atoms with Gasteiger partial charge in [-0.15, -0.1) is 0 Å². The number of phenolic OH excluding ortho intramolecular Hbond substituents is 1. The molecule has 0 spiro atoms. The monoisotopic (exact) mass is 255 g/mol. The highest BCUT2D eigenvalue weighted by atomic mass is 32.2. The molecule has 0 heterocycles. The van der Waals surface area contributed by atoms with Crippen LogP contribution in [0.5, 0.6) is 5.75 Å². The molecular weight excluding hydrogens is 246 g/mol. The molecule has 0 aliphatic heterocycles. The van der Waals surface area contributed by atoms with Crippen molar-refractivity contribution in [1.29, 1.82) is 5.26 Å². The molecule has 0 aliphatic rings. The number of nitriles is 1. The van der Waals surface area contributed by atoms with Crippen molar-refractivity contribution in [1.82, 2.24) is 0 Å². The first-order chi connectivity index (χ1) is 7.84. The Labute approximate surface area is 97.5 Å². The van der Waals surface area contributed by atoms with Gasteiger partial charge in [0, 0.05) is 6.07 Å². The summed E-state index contributed by atoms with van der Waals surface area (Å²) >= 11 is 0. The minimum atomic E-state index is -3.91. The van der Waals surface area contributed by atoms with E-state index in [4.69, 9.17) is 10.4 Å². The Balaban J connectivity index is 3.00. The van der Waals surface area contributed by atoms with E-state index in [1.165, 1.54) is 6.07 Å². The maximum atomic E-state index is 11.1. The van der Waals surface area contributed by atoms with Gasteiger partial charge in [-0.3, -0.25) is 4.79 Å². The Kier molecular flexibility index (Phi) is 3.67. The molecule has 0 aliphatic carbocycles. The van der Waals surface area contributed by atoms with Crippen LogP contribution < -0.4 is 10.5 Å². The molecule has 90 valence electrons. The molecule has 0 bridgehead atoms. The van der Waals surface area contributed by atoms with Crippen molar-refractivity contribution in [3.63, 3.8) is 0 Å². The molecule has 1 aromatic carbocycles. The fraction of sp³-hybridized carbons (Fsp3) is 0.111. The Morgan fingerprint density at radius 2 is 2.18 bits per heavy atom. The zero-order valence-corrected chi connectivity index (χ0v) is 9.36. The summed E-state index contributed by atoms with van der Waals surface area (Å²) in [5.41, 5.74) is 0.0117. The van der Waals surface area contributed by atoms with E-state index in [9.17, 15) is 18.3 Å². The highest BCUT2D eigenvalue weighted by molar-refractivity contribution is 7.89. The summed E-state index contributed by atoms with van der Waals surface area (Å²) in [5.74, 6) is -1.05. The fourth-order valence-electron chi connectivity index (χ4n) is 1.06. The van der Waals surface area contributed by atoms with Crippen LogP contribution >= 0.6 is 0 Å². The van der Waals surface area contributed by atoms with Gasteiger partial charge in [0.05, 0.1) is 16.7 Å². The Bertz CT molecular complexity index is 589. The first-order valence-corrected chi connectivity index (χ1v) is 5.92. The van der Waals surface area contributed by atoms with Crippen LogP contribution in [0.25, 0.3) is 0 Å². The molecule has 1 rings (SSSR count). The molecule has 4 N–H and O–H groups in total. The SMILES string of the molecule is N#CCC(=O)Nc1ccc(S(N)(=O)=O)cc1O. The van der Waals surface area contributed by atoms with Crippen LogP contribution in [0.1, 0.15) is 6.42 Å². The summed E-state index contributed by atoms with van der Waals surface area (Å²) in [5, 5.41) is 24.8. The average Bonchev–Trinajstić information content (AvgIpc) is 2.20. The number of nitrogens with one attached hydrogen (secondary N) is 1. The molecule has 0 aromatic heterocycles. The van der Waals surface area contributed by atoms with Crippen LogP contribution in [0.3, 0.4) is 0 Å². The number of amides is 1. The molecule has 0 fully saturated rings. The minimum absolute atomic E-state index is 0.0117. The second-order valence-electron chi connectivity index (χ2n) is 3.11. The lowest BCUT2D eigenvalue weighted by Gasteiger charge is -2.06. The Morgan fingerprint density at radius 3 is 2.65 bits per heavy atom. The lowest BCUT2D eigenvalue weighted by atomic mass is 10.3. The fourth-order valence-corrected chi connectivity index (χ4v) is 1.59. The first-order valence-electron chi connectivity index (χ1n) is 4.37. The van der Waals surface area contributed by atoms with Crippen molar-refractivity contribution in [2.75, 3.05) is 5.32 Å². The molecular formula is C9H9N3O4S. The van der Waals surface area contributed by atoms with E-state index in [2.05, 4.69) is 5.32 Å². The van der Waals surface area contributed by atoms with E-state index < -0.39 is 21.7 Å². The summed E-state index contributed by atoms with van der Waals surface area (Å²) in [6, 6.07) is 4.87. The number of nitrogens with two attached hydrogens (primary N) is 1. The second-order valence-corrected chi connectivity index (χ2v) is 4.67. The van der Waals surface area contributed by atoms with E-state index in [1.807, 2.05) is 0 Å². The van der Waals surface area contributed by atoms with Crippen molar-refractivity contribution in [3.05, 3.63) is 18.2 Å².